The fourth-order valence-electron chi connectivity index (χ4n) is 3.85. The SMILES string of the molecule is O=C(N1CCCC1c1ccccc1)C(F)(F)F.c1ccc(C2CCCN2)cc1. The van der Waals surface area contributed by atoms with E-state index in [2.05, 4.69) is 35.6 Å². The van der Waals surface area contributed by atoms with Gasteiger partial charge in [-0.2, -0.15) is 13.2 Å². The Balaban J connectivity index is 0.000000176. The highest BCUT2D eigenvalue weighted by Gasteiger charge is 2.46. The van der Waals surface area contributed by atoms with Crippen LogP contribution in [0.5, 0.6) is 0 Å². The number of rotatable bonds is 2. The fourth-order valence-corrected chi connectivity index (χ4v) is 3.85. The number of nitrogens with zero attached hydrogens (tertiary/aromatic N) is 1. The average molecular weight is 390 g/mol. The largest absolute Gasteiger partial charge is 0.471 e. The second-order valence-electron chi connectivity index (χ2n) is 7.12. The van der Waals surface area contributed by atoms with Crippen LogP contribution in [0.3, 0.4) is 0 Å². The van der Waals surface area contributed by atoms with Crippen molar-refractivity contribution in [2.24, 2.45) is 0 Å². The molecule has 1 N–H and O–H groups in total. The van der Waals surface area contributed by atoms with Gasteiger partial charge in [-0.05, 0) is 43.4 Å². The van der Waals surface area contributed by atoms with Crippen LogP contribution in [0.1, 0.15) is 48.9 Å². The number of nitrogens with one attached hydrogen (secondary N) is 1. The Morgan fingerprint density at radius 3 is 2.04 bits per heavy atom. The van der Waals surface area contributed by atoms with E-state index >= 15 is 0 Å². The average Bonchev–Trinajstić information content (AvgIpc) is 3.41. The molecule has 2 atom stereocenters. The van der Waals surface area contributed by atoms with Crippen LogP contribution in [-0.2, 0) is 4.79 Å². The summed E-state index contributed by atoms with van der Waals surface area (Å²) in [5.74, 6) is -1.73. The first-order valence-corrected chi connectivity index (χ1v) is 9.68. The lowest BCUT2D eigenvalue weighted by Crippen LogP contribution is -2.40. The van der Waals surface area contributed by atoms with Crippen LogP contribution in [-0.4, -0.2) is 30.1 Å². The molecule has 28 heavy (non-hydrogen) atoms. The van der Waals surface area contributed by atoms with Gasteiger partial charge in [-0.3, -0.25) is 4.79 Å². The van der Waals surface area contributed by atoms with Crippen molar-refractivity contribution < 1.29 is 18.0 Å². The lowest BCUT2D eigenvalue weighted by atomic mass is 10.0. The van der Waals surface area contributed by atoms with Crippen molar-refractivity contribution in [3.63, 3.8) is 0 Å². The van der Waals surface area contributed by atoms with E-state index in [9.17, 15) is 18.0 Å². The van der Waals surface area contributed by atoms with Crippen molar-refractivity contribution in [2.75, 3.05) is 13.1 Å². The molecule has 4 rings (SSSR count). The second kappa shape index (κ2) is 9.24. The van der Waals surface area contributed by atoms with Crippen molar-refractivity contribution in [1.82, 2.24) is 10.2 Å². The topological polar surface area (TPSA) is 32.3 Å². The Morgan fingerprint density at radius 1 is 0.893 bits per heavy atom. The fraction of sp³-hybridized carbons (Fsp3) is 0.409. The molecule has 3 nitrogen and oxygen atoms in total. The summed E-state index contributed by atoms with van der Waals surface area (Å²) < 4.78 is 37.2. The highest BCUT2D eigenvalue weighted by molar-refractivity contribution is 5.82. The van der Waals surface area contributed by atoms with Crippen molar-refractivity contribution in [1.29, 1.82) is 0 Å². The molecule has 0 aromatic heterocycles. The Hall–Kier alpha value is -2.34. The first-order chi connectivity index (χ1) is 13.5. The third-order valence-electron chi connectivity index (χ3n) is 5.20. The zero-order chi connectivity index (χ0) is 20.0. The maximum absolute atomic E-state index is 12.4. The summed E-state index contributed by atoms with van der Waals surface area (Å²) >= 11 is 0. The van der Waals surface area contributed by atoms with E-state index in [0.29, 0.717) is 18.9 Å². The Bertz CT molecular complexity index is 743. The summed E-state index contributed by atoms with van der Waals surface area (Å²) in [6, 6.07) is 19.7. The van der Waals surface area contributed by atoms with Crippen molar-refractivity contribution in [3.8, 4) is 0 Å². The number of alkyl halides is 3. The molecular formula is C22H25F3N2O. The Labute approximate surface area is 163 Å². The van der Waals surface area contributed by atoms with Crippen LogP contribution in [0.2, 0.25) is 0 Å². The second-order valence-corrected chi connectivity index (χ2v) is 7.12. The van der Waals surface area contributed by atoms with E-state index in [1.54, 1.807) is 30.3 Å². The molecule has 2 aromatic rings. The van der Waals surface area contributed by atoms with E-state index < -0.39 is 18.1 Å². The van der Waals surface area contributed by atoms with Gasteiger partial charge in [0.25, 0.3) is 0 Å². The number of benzene rings is 2. The van der Waals surface area contributed by atoms with Gasteiger partial charge >= 0.3 is 12.1 Å². The van der Waals surface area contributed by atoms with Crippen LogP contribution in [0, 0.1) is 0 Å². The van der Waals surface area contributed by atoms with Gasteiger partial charge in [0.15, 0.2) is 0 Å². The minimum atomic E-state index is -4.78. The molecule has 2 saturated heterocycles. The van der Waals surface area contributed by atoms with Gasteiger partial charge in [0, 0.05) is 12.6 Å². The lowest BCUT2D eigenvalue weighted by Gasteiger charge is -2.25. The predicted octanol–water partition coefficient (Wildman–Crippen LogP) is 5.02. The number of carbonyl (C=O) groups is 1. The van der Waals surface area contributed by atoms with E-state index in [1.807, 2.05) is 0 Å². The molecule has 2 unspecified atom stereocenters. The molecule has 0 saturated carbocycles. The van der Waals surface area contributed by atoms with Crippen LogP contribution in [0.4, 0.5) is 13.2 Å². The summed E-state index contributed by atoms with van der Waals surface area (Å²) in [6.45, 7) is 1.36. The third kappa shape index (κ3) is 5.13. The molecule has 150 valence electrons. The summed E-state index contributed by atoms with van der Waals surface area (Å²) in [5, 5.41) is 3.47. The standard InChI is InChI=1S/C12H12F3NO.C10H13N/c13-12(14,15)11(17)16-8-4-7-10(16)9-5-2-1-3-6-9;1-2-5-9(6-3-1)10-7-4-8-11-10/h1-3,5-6,10H,4,7-8H2;1-3,5-6,10-11H,4,7-8H2. The first kappa shape index (κ1) is 20.4. The summed E-state index contributed by atoms with van der Waals surface area (Å²) in [4.78, 5) is 12.2. The molecule has 0 radical (unpaired) electrons. The minimum Gasteiger partial charge on any atom is -0.328 e. The molecular weight excluding hydrogens is 365 g/mol. The van der Waals surface area contributed by atoms with Crippen LogP contribution >= 0.6 is 0 Å². The minimum absolute atomic E-state index is 0.178. The van der Waals surface area contributed by atoms with Gasteiger partial charge < -0.3 is 10.2 Å². The first-order valence-electron chi connectivity index (χ1n) is 9.68. The van der Waals surface area contributed by atoms with Crippen molar-refractivity contribution in [2.45, 2.75) is 43.9 Å². The zero-order valence-electron chi connectivity index (χ0n) is 15.7. The monoisotopic (exact) mass is 390 g/mol. The lowest BCUT2D eigenvalue weighted by molar-refractivity contribution is -0.186. The highest BCUT2D eigenvalue weighted by Crippen LogP contribution is 2.34. The van der Waals surface area contributed by atoms with Gasteiger partial charge in [0.05, 0.1) is 6.04 Å². The Kier molecular flexibility index (Phi) is 6.73. The van der Waals surface area contributed by atoms with Crippen LogP contribution in [0.15, 0.2) is 60.7 Å². The maximum atomic E-state index is 12.4. The molecule has 2 aliphatic heterocycles. The molecule has 2 heterocycles. The number of hydrogen-bond acceptors (Lipinski definition) is 2. The molecule has 0 spiro atoms. The Morgan fingerprint density at radius 2 is 1.50 bits per heavy atom. The summed E-state index contributed by atoms with van der Waals surface area (Å²) in [7, 11) is 0. The molecule has 6 heteroatoms. The van der Waals surface area contributed by atoms with Crippen LogP contribution < -0.4 is 5.32 Å². The molecule has 1 amide bonds. The van der Waals surface area contributed by atoms with E-state index in [4.69, 9.17) is 0 Å². The van der Waals surface area contributed by atoms with E-state index in [0.717, 1.165) is 10.5 Å². The number of hydrogen-bond donors (Lipinski definition) is 1. The zero-order valence-corrected chi connectivity index (χ0v) is 15.7. The van der Waals surface area contributed by atoms with E-state index in [1.165, 1.54) is 24.9 Å². The van der Waals surface area contributed by atoms with Gasteiger partial charge in [-0.1, -0.05) is 60.7 Å². The predicted molar refractivity (Wildman–Crippen MR) is 103 cm³/mol. The number of amides is 1. The summed E-state index contributed by atoms with van der Waals surface area (Å²) in [5.41, 5.74) is 2.20. The number of halogens is 3. The highest BCUT2D eigenvalue weighted by atomic mass is 19.4. The third-order valence-corrected chi connectivity index (χ3v) is 5.20. The molecule has 0 aliphatic carbocycles. The quantitative estimate of drug-likeness (QED) is 0.781. The van der Waals surface area contributed by atoms with E-state index in [-0.39, 0.29) is 6.54 Å². The normalized spacial score (nSPS) is 21.9. The summed E-state index contributed by atoms with van der Waals surface area (Å²) in [6.07, 6.45) is -0.964. The van der Waals surface area contributed by atoms with Gasteiger partial charge in [-0.25, -0.2) is 0 Å². The van der Waals surface area contributed by atoms with Gasteiger partial charge in [0.1, 0.15) is 0 Å². The molecule has 2 aromatic carbocycles. The number of likely N-dealkylation sites (tertiary alicyclic amines) is 1. The molecule has 2 fully saturated rings. The molecule has 0 bridgehead atoms. The maximum Gasteiger partial charge on any atom is 0.471 e. The van der Waals surface area contributed by atoms with Crippen LogP contribution in [0.25, 0.3) is 0 Å². The van der Waals surface area contributed by atoms with Gasteiger partial charge in [0.2, 0.25) is 0 Å². The number of carbonyl (C=O) groups excluding carboxylic acids is 1. The van der Waals surface area contributed by atoms with Gasteiger partial charge in [-0.15, -0.1) is 0 Å². The smallest absolute Gasteiger partial charge is 0.328 e. The van der Waals surface area contributed by atoms with Crippen molar-refractivity contribution in [3.05, 3.63) is 71.8 Å². The van der Waals surface area contributed by atoms with Crippen molar-refractivity contribution >= 4 is 5.91 Å². The molecule has 2 aliphatic rings.